The Hall–Kier alpha value is -0.00662. The van der Waals surface area contributed by atoms with Crippen LogP contribution in [0.15, 0.2) is 30.3 Å². The van der Waals surface area contributed by atoms with Crippen molar-refractivity contribution in [1.82, 2.24) is 0 Å². The van der Waals surface area contributed by atoms with Gasteiger partial charge in [0.15, 0.2) is 0 Å². The van der Waals surface area contributed by atoms with Crippen LogP contribution >= 0.6 is 13.5 Å². The van der Waals surface area contributed by atoms with Crippen molar-refractivity contribution in [2.24, 2.45) is 0 Å². The van der Waals surface area contributed by atoms with Crippen molar-refractivity contribution in [3.8, 4) is 5.75 Å². The number of benzene rings is 1. The average Bonchev–Trinajstić information content (AvgIpc) is 1.69. The summed E-state index contributed by atoms with van der Waals surface area (Å²) < 4.78 is 0. The molecule has 1 aromatic rings. The molecule has 46 valence electrons. The van der Waals surface area contributed by atoms with Crippen molar-refractivity contribution in [3.63, 3.8) is 0 Å². The third-order valence-corrected chi connectivity index (χ3v) is 0.756. The van der Waals surface area contributed by atoms with Gasteiger partial charge in [-0.25, -0.2) is 0 Å². The van der Waals surface area contributed by atoms with Crippen LogP contribution in [0.3, 0.4) is 0 Å². The molecule has 0 atom stereocenters. The van der Waals surface area contributed by atoms with Gasteiger partial charge in [0.1, 0.15) is 5.75 Å². The summed E-state index contributed by atoms with van der Waals surface area (Å²) in [5.41, 5.74) is 0. The van der Waals surface area contributed by atoms with Gasteiger partial charge in [-0.3, -0.25) is 0 Å². The third kappa shape index (κ3) is 4.49. The fourth-order valence-electron chi connectivity index (χ4n) is 0.428. The minimum absolute atomic E-state index is 0. The molecule has 0 spiro atoms. The van der Waals surface area contributed by atoms with Crippen molar-refractivity contribution >= 4 is 13.5 Å². The molecule has 1 aromatic carbocycles. The molecule has 0 saturated carbocycles. The summed E-state index contributed by atoms with van der Waals surface area (Å²) in [6.07, 6.45) is 0. The summed E-state index contributed by atoms with van der Waals surface area (Å²) >= 11 is 0. The third-order valence-electron chi connectivity index (χ3n) is 0.756. The van der Waals surface area contributed by atoms with Gasteiger partial charge < -0.3 is 5.11 Å². The maximum Gasteiger partial charge on any atom is 0.115 e. The Morgan fingerprint density at radius 1 is 1.00 bits per heavy atom. The zero-order valence-electron chi connectivity index (χ0n) is 5.04. The van der Waals surface area contributed by atoms with Gasteiger partial charge in [0.05, 0.1) is 0 Å². The van der Waals surface area contributed by atoms with E-state index in [0.29, 0.717) is 5.75 Å². The maximum absolute atomic E-state index is 8.63. The number of para-hydroxylation sites is 1. The van der Waals surface area contributed by atoms with Crippen molar-refractivity contribution in [3.05, 3.63) is 30.3 Å². The Kier molecular flexibility index (Phi) is 7.99. The van der Waals surface area contributed by atoms with E-state index in [1.807, 2.05) is 6.07 Å². The first-order valence-corrected chi connectivity index (χ1v) is 2.13. The monoisotopic (exact) mass is 192 g/mol. The van der Waals surface area contributed by atoms with Crippen LogP contribution in [0.4, 0.5) is 0 Å². The zero-order valence-corrected chi connectivity index (χ0v) is 9.01. The number of phenols is 1. The standard InChI is InChI=1S/C6H6O.H2S.Zn/c7-6-4-2-1-3-5-6;;/h1-5,7H;1H2;. The second kappa shape index (κ2) is 6.12. The summed E-state index contributed by atoms with van der Waals surface area (Å²) in [6, 6.07) is 8.71. The molecule has 0 amide bonds. The number of hydrogen-bond acceptors (Lipinski definition) is 1. The molecule has 1 rings (SSSR count). The normalized spacial score (nSPS) is 6.67. The molecule has 0 aromatic heterocycles. The van der Waals surface area contributed by atoms with E-state index >= 15 is 0 Å². The van der Waals surface area contributed by atoms with Gasteiger partial charge in [0.2, 0.25) is 0 Å². The first-order valence-electron chi connectivity index (χ1n) is 2.13. The topological polar surface area (TPSA) is 20.2 Å². The Labute approximate surface area is 74.3 Å². The molecule has 0 saturated heterocycles. The smallest absolute Gasteiger partial charge is 0.115 e. The Bertz CT molecular complexity index is 143. The van der Waals surface area contributed by atoms with E-state index in [4.69, 9.17) is 5.11 Å². The molecular formula is C6H8OSZn. The van der Waals surface area contributed by atoms with Crippen LogP contribution in [0.5, 0.6) is 5.75 Å². The summed E-state index contributed by atoms with van der Waals surface area (Å²) in [7, 11) is 0. The first kappa shape index (κ1) is 11.7. The van der Waals surface area contributed by atoms with Gasteiger partial charge in [-0.15, -0.1) is 0 Å². The van der Waals surface area contributed by atoms with Crippen molar-refractivity contribution in [1.29, 1.82) is 0 Å². The molecule has 0 aliphatic rings. The van der Waals surface area contributed by atoms with E-state index in [9.17, 15) is 0 Å². The van der Waals surface area contributed by atoms with Gasteiger partial charge in [0, 0.05) is 19.5 Å². The molecule has 3 heteroatoms. The predicted molar refractivity (Wildman–Crippen MR) is 38.5 cm³/mol. The second-order valence-electron chi connectivity index (χ2n) is 1.34. The quantitative estimate of drug-likeness (QED) is 0.620. The molecule has 0 aliphatic carbocycles. The summed E-state index contributed by atoms with van der Waals surface area (Å²) in [5, 5.41) is 8.63. The van der Waals surface area contributed by atoms with Crippen molar-refractivity contribution in [2.75, 3.05) is 0 Å². The fraction of sp³-hybridized carbons (Fsp3) is 0. The molecule has 0 fully saturated rings. The van der Waals surface area contributed by atoms with Crippen LogP contribution in [0.1, 0.15) is 0 Å². The van der Waals surface area contributed by atoms with Crippen LogP contribution in [-0.2, 0) is 19.5 Å². The van der Waals surface area contributed by atoms with E-state index in [1.165, 1.54) is 0 Å². The number of phenolic OH excluding ortho intramolecular Hbond substituents is 1. The largest absolute Gasteiger partial charge is 0.508 e. The van der Waals surface area contributed by atoms with Gasteiger partial charge in [-0.2, -0.15) is 13.5 Å². The minimum Gasteiger partial charge on any atom is -0.508 e. The van der Waals surface area contributed by atoms with Gasteiger partial charge in [-0.1, -0.05) is 18.2 Å². The van der Waals surface area contributed by atoms with Gasteiger partial charge in [-0.05, 0) is 12.1 Å². The van der Waals surface area contributed by atoms with E-state index in [-0.39, 0.29) is 33.0 Å². The Morgan fingerprint density at radius 2 is 1.44 bits per heavy atom. The Morgan fingerprint density at radius 3 is 1.67 bits per heavy atom. The van der Waals surface area contributed by atoms with Crippen LogP contribution in [0.25, 0.3) is 0 Å². The fourth-order valence-corrected chi connectivity index (χ4v) is 0.428. The summed E-state index contributed by atoms with van der Waals surface area (Å²) in [4.78, 5) is 0. The van der Waals surface area contributed by atoms with E-state index in [0.717, 1.165) is 0 Å². The van der Waals surface area contributed by atoms with E-state index in [2.05, 4.69) is 0 Å². The molecule has 0 unspecified atom stereocenters. The molecule has 0 heterocycles. The van der Waals surface area contributed by atoms with Crippen LogP contribution in [0, 0.1) is 0 Å². The molecule has 1 nitrogen and oxygen atoms in total. The van der Waals surface area contributed by atoms with Gasteiger partial charge in [0.25, 0.3) is 0 Å². The molecule has 0 aliphatic heterocycles. The molecule has 0 radical (unpaired) electrons. The first-order chi connectivity index (χ1) is 3.39. The van der Waals surface area contributed by atoms with E-state index < -0.39 is 0 Å². The number of rotatable bonds is 0. The van der Waals surface area contributed by atoms with E-state index in [1.54, 1.807) is 24.3 Å². The minimum atomic E-state index is 0. The maximum atomic E-state index is 8.63. The molecular weight excluding hydrogens is 186 g/mol. The number of hydrogen-bond donors (Lipinski definition) is 1. The zero-order chi connectivity index (χ0) is 5.11. The molecule has 1 N–H and O–H groups in total. The Balaban J connectivity index is 0. The second-order valence-corrected chi connectivity index (χ2v) is 1.34. The van der Waals surface area contributed by atoms with Crippen molar-refractivity contribution < 1.29 is 24.6 Å². The predicted octanol–water partition coefficient (Wildman–Crippen LogP) is 1.50. The molecule has 0 bridgehead atoms. The summed E-state index contributed by atoms with van der Waals surface area (Å²) in [5.74, 6) is 0.322. The van der Waals surface area contributed by atoms with Crippen LogP contribution < -0.4 is 0 Å². The summed E-state index contributed by atoms with van der Waals surface area (Å²) in [6.45, 7) is 0. The van der Waals surface area contributed by atoms with Gasteiger partial charge >= 0.3 is 0 Å². The SMILES string of the molecule is Oc1ccccc1.S.[Zn]. The van der Waals surface area contributed by atoms with Crippen LogP contribution in [-0.4, -0.2) is 5.11 Å². The number of aromatic hydroxyl groups is 1. The van der Waals surface area contributed by atoms with Crippen LogP contribution in [0.2, 0.25) is 0 Å². The van der Waals surface area contributed by atoms with Crippen molar-refractivity contribution in [2.45, 2.75) is 0 Å². The average molecular weight is 194 g/mol. The molecule has 9 heavy (non-hydrogen) atoms.